The van der Waals surface area contributed by atoms with Gasteiger partial charge in [-0.05, 0) is 12.8 Å². The molecule has 0 aromatic rings. The molecule has 0 aliphatic rings. The predicted molar refractivity (Wildman–Crippen MR) is 197 cm³/mol. The molecule has 1 unspecified atom stereocenters. The number of hydrogen-bond acceptors (Lipinski definition) is 7. The molecule has 48 heavy (non-hydrogen) atoms. The van der Waals surface area contributed by atoms with Crippen molar-refractivity contribution in [2.75, 3.05) is 47.5 Å². The van der Waals surface area contributed by atoms with Crippen LogP contribution in [0.4, 0.5) is 0 Å². The van der Waals surface area contributed by atoms with Crippen LogP contribution in [0.25, 0.3) is 0 Å². The first-order chi connectivity index (χ1) is 23.0. The summed E-state index contributed by atoms with van der Waals surface area (Å²) in [6.45, 7) is 4.41. The molecular weight excluding hydrogens is 629 g/mol. The quantitative estimate of drug-likeness (QED) is 0.0297. The average molecular weight is 707 g/mol. The van der Waals surface area contributed by atoms with Gasteiger partial charge in [0.05, 0.1) is 27.7 Å². The molecule has 0 aromatic heterocycles. The molecule has 1 N–H and O–H groups in total. The van der Waals surface area contributed by atoms with E-state index in [9.17, 15) is 19.0 Å². The number of carbonyl (C=O) groups is 2. The molecule has 2 atom stereocenters. The van der Waals surface area contributed by atoms with Crippen LogP contribution in [-0.2, 0) is 32.7 Å². The summed E-state index contributed by atoms with van der Waals surface area (Å²) in [6.07, 6.45) is 28.6. The van der Waals surface area contributed by atoms with Crippen molar-refractivity contribution in [3.63, 3.8) is 0 Å². The fourth-order valence-electron chi connectivity index (χ4n) is 5.48. The number of unbranched alkanes of at least 4 members (excludes halogenated alkanes) is 22. The number of ether oxygens (including phenoxy) is 2. The van der Waals surface area contributed by atoms with Gasteiger partial charge in [-0.3, -0.25) is 18.6 Å². The van der Waals surface area contributed by atoms with E-state index in [1.54, 1.807) is 0 Å². The Kier molecular flexibility index (Phi) is 31.3. The third kappa shape index (κ3) is 34.9. The van der Waals surface area contributed by atoms with Crippen molar-refractivity contribution >= 4 is 19.8 Å². The maximum Gasteiger partial charge on any atom is 0.472 e. The van der Waals surface area contributed by atoms with E-state index in [0.29, 0.717) is 17.4 Å². The first-order valence-electron chi connectivity index (χ1n) is 19.8. The van der Waals surface area contributed by atoms with Crippen LogP contribution < -0.4 is 0 Å². The van der Waals surface area contributed by atoms with Crippen LogP contribution in [0.3, 0.4) is 0 Å². The second-order valence-electron chi connectivity index (χ2n) is 14.7. The van der Waals surface area contributed by atoms with Gasteiger partial charge in [0.15, 0.2) is 6.10 Å². The molecular formula is C38H77NO8P+. The number of quaternary nitrogens is 1. The second-order valence-corrected chi connectivity index (χ2v) is 16.1. The fourth-order valence-corrected chi connectivity index (χ4v) is 6.23. The number of hydrogen-bond donors (Lipinski definition) is 1. The lowest BCUT2D eigenvalue weighted by molar-refractivity contribution is -0.870. The first-order valence-corrected chi connectivity index (χ1v) is 21.3. The summed E-state index contributed by atoms with van der Waals surface area (Å²) < 4.78 is 34.1. The van der Waals surface area contributed by atoms with Gasteiger partial charge < -0.3 is 18.9 Å². The minimum absolute atomic E-state index is 0.0364. The van der Waals surface area contributed by atoms with Crippen molar-refractivity contribution < 1.29 is 42.1 Å². The summed E-state index contributed by atoms with van der Waals surface area (Å²) >= 11 is 0. The van der Waals surface area contributed by atoms with Gasteiger partial charge in [0.2, 0.25) is 0 Å². The van der Waals surface area contributed by atoms with Crippen molar-refractivity contribution in [2.45, 2.75) is 187 Å². The van der Waals surface area contributed by atoms with Gasteiger partial charge in [-0.2, -0.15) is 0 Å². The second kappa shape index (κ2) is 32.0. The van der Waals surface area contributed by atoms with E-state index < -0.39 is 26.5 Å². The van der Waals surface area contributed by atoms with Crippen LogP contribution >= 0.6 is 7.82 Å². The Hall–Kier alpha value is -0.990. The van der Waals surface area contributed by atoms with Crippen molar-refractivity contribution in [3.05, 3.63) is 0 Å². The third-order valence-electron chi connectivity index (χ3n) is 8.64. The standard InChI is InChI=1S/C38H76NO8P/c1-6-8-10-12-14-16-17-18-19-20-21-23-25-27-29-31-38(41)47-36(35-46-48(42,43)45-33-32-39(3,4)5)34-44-37(40)30-28-26-24-22-15-13-11-9-7-2/h36H,6-35H2,1-5H3/p+1/t36-/m1/s1. The highest BCUT2D eigenvalue weighted by Crippen LogP contribution is 2.43. The van der Waals surface area contributed by atoms with Crippen molar-refractivity contribution in [1.29, 1.82) is 0 Å². The number of likely N-dealkylation sites (N-methyl/N-ethyl adjacent to an activating group) is 1. The highest BCUT2D eigenvalue weighted by molar-refractivity contribution is 7.47. The smallest absolute Gasteiger partial charge is 0.462 e. The molecule has 10 heteroatoms. The molecule has 0 aliphatic heterocycles. The summed E-state index contributed by atoms with van der Waals surface area (Å²) in [7, 11) is 1.49. The highest BCUT2D eigenvalue weighted by atomic mass is 31.2. The van der Waals surface area contributed by atoms with Gasteiger partial charge in [0.1, 0.15) is 19.8 Å². The van der Waals surface area contributed by atoms with Gasteiger partial charge in [-0.1, -0.05) is 155 Å². The number of esters is 2. The first kappa shape index (κ1) is 47.0. The Morgan fingerprint density at radius 1 is 0.562 bits per heavy atom. The molecule has 0 radical (unpaired) electrons. The fraction of sp³-hybridized carbons (Fsp3) is 0.947. The number of carbonyl (C=O) groups excluding carboxylic acids is 2. The molecule has 0 aliphatic carbocycles. The lowest BCUT2D eigenvalue weighted by Crippen LogP contribution is -2.37. The number of phosphoric acid groups is 1. The molecule has 0 saturated heterocycles. The topological polar surface area (TPSA) is 108 Å². The highest BCUT2D eigenvalue weighted by Gasteiger charge is 2.27. The molecule has 0 heterocycles. The van der Waals surface area contributed by atoms with Gasteiger partial charge >= 0.3 is 19.8 Å². The largest absolute Gasteiger partial charge is 0.472 e. The number of nitrogens with zero attached hydrogens (tertiary/aromatic N) is 1. The zero-order valence-corrected chi connectivity index (χ0v) is 32.9. The molecule has 0 rings (SSSR count). The Labute approximate surface area is 295 Å². The molecule has 0 bridgehead atoms. The summed E-state index contributed by atoms with van der Waals surface area (Å²) in [5.74, 6) is -0.792. The van der Waals surface area contributed by atoms with Gasteiger partial charge in [-0.15, -0.1) is 0 Å². The lowest BCUT2D eigenvalue weighted by Gasteiger charge is -2.24. The van der Waals surface area contributed by atoms with Crippen LogP contribution in [-0.4, -0.2) is 74.9 Å². The van der Waals surface area contributed by atoms with Crippen LogP contribution in [0.15, 0.2) is 0 Å². The SMILES string of the molecule is CCCCCCCCCCCCCCCCCC(=O)O[C@H](COC(=O)CCCCCCCCCCC)COP(=O)(O)OCC[N+](C)(C)C. The Morgan fingerprint density at radius 2 is 0.938 bits per heavy atom. The van der Waals surface area contributed by atoms with E-state index in [-0.39, 0.29) is 25.6 Å². The lowest BCUT2D eigenvalue weighted by atomic mass is 10.0. The van der Waals surface area contributed by atoms with E-state index >= 15 is 0 Å². The maximum absolute atomic E-state index is 12.6. The van der Waals surface area contributed by atoms with Crippen LogP contribution in [0, 0.1) is 0 Å². The van der Waals surface area contributed by atoms with Crippen molar-refractivity contribution in [1.82, 2.24) is 0 Å². The van der Waals surface area contributed by atoms with Gasteiger partial charge in [0.25, 0.3) is 0 Å². The minimum atomic E-state index is -4.36. The molecule has 286 valence electrons. The zero-order chi connectivity index (χ0) is 35.8. The summed E-state index contributed by atoms with van der Waals surface area (Å²) in [5.41, 5.74) is 0. The molecule has 0 spiro atoms. The Bertz CT molecular complexity index is 804. The minimum Gasteiger partial charge on any atom is -0.462 e. The van der Waals surface area contributed by atoms with E-state index in [1.807, 2.05) is 21.1 Å². The number of phosphoric ester groups is 1. The summed E-state index contributed by atoms with van der Waals surface area (Å²) in [4.78, 5) is 35.1. The van der Waals surface area contributed by atoms with Crippen LogP contribution in [0.5, 0.6) is 0 Å². The maximum atomic E-state index is 12.6. The molecule has 9 nitrogen and oxygen atoms in total. The Morgan fingerprint density at radius 3 is 1.33 bits per heavy atom. The van der Waals surface area contributed by atoms with E-state index in [1.165, 1.54) is 116 Å². The van der Waals surface area contributed by atoms with Gasteiger partial charge in [0, 0.05) is 12.8 Å². The van der Waals surface area contributed by atoms with E-state index in [0.717, 1.165) is 38.5 Å². The average Bonchev–Trinajstić information content (AvgIpc) is 3.02. The third-order valence-corrected chi connectivity index (χ3v) is 9.62. The molecule has 0 aromatic carbocycles. The molecule has 0 amide bonds. The van der Waals surface area contributed by atoms with E-state index in [4.69, 9.17) is 18.5 Å². The van der Waals surface area contributed by atoms with Crippen molar-refractivity contribution in [2.24, 2.45) is 0 Å². The van der Waals surface area contributed by atoms with Gasteiger partial charge in [-0.25, -0.2) is 4.57 Å². The monoisotopic (exact) mass is 707 g/mol. The Balaban J connectivity index is 4.36. The predicted octanol–water partition coefficient (Wildman–Crippen LogP) is 10.5. The van der Waals surface area contributed by atoms with Crippen molar-refractivity contribution in [3.8, 4) is 0 Å². The summed E-state index contributed by atoms with van der Waals surface area (Å²) in [5, 5.41) is 0. The zero-order valence-electron chi connectivity index (χ0n) is 32.0. The summed E-state index contributed by atoms with van der Waals surface area (Å²) in [6, 6.07) is 0. The number of rotatable bonds is 36. The van der Waals surface area contributed by atoms with E-state index in [2.05, 4.69) is 13.8 Å². The normalized spacial score (nSPS) is 13.7. The molecule has 0 fully saturated rings. The van der Waals surface area contributed by atoms with Crippen LogP contribution in [0.1, 0.15) is 181 Å². The molecule has 0 saturated carbocycles. The van der Waals surface area contributed by atoms with Crippen LogP contribution in [0.2, 0.25) is 0 Å².